The molecule has 0 radical (unpaired) electrons. The predicted molar refractivity (Wildman–Crippen MR) is 61.7 cm³/mol. The third-order valence-corrected chi connectivity index (χ3v) is 2.38. The van der Waals surface area contributed by atoms with Gasteiger partial charge in [0.25, 0.3) is 0 Å². The van der Waals surface area contributed by atoms with Crippen molar-refractivity contribution in [3.05, 3.63) is 36.1 Å². The number of rotatable bonds is 3. The Bertz CT molecular complexity index is 486. The van der Waals surface area contributed by atoms with Crippen molar-refractivity contribution in [1.29, 1.82) is 0 Å². The summed E-state index contributed by atoms with van der Waals surface area (Å²) >= 11 is 0. The number of hydrogen-bond donors (Lipinski definition) is 0. The van der Waals surface area contributed by atoms with Crippen molar-refractivity contribution in [2.45, 2.75) is 0 Å². The van der Waals surface area contributed by atoms with Gasteiger partial charge in [-0.3, -0.25) is 4.79 Å². The molecule has 0 saturated carbocycles. The fourth-order valence-corrected chi connectivity index (χ4v) is 1.46. The molecule has 82 valence electrons. The summed E-state index contributed by atoms with van der Waals surface area (Å²) in [6.45, 7) is 0. The molecule has 0 aliphatic carbocycles. The molecular formula is C12H12N2O2. The highest BCUT2D eigenvalue weighted by molar-refractivity contribution is 5.85. The van der Waals surface area contributed by atoms with Crippen molar-refractivity contribution in [2.75, 3.05) is 19.0 Å². The molecule has 4 heteroatoms. The molecule has 0 unspecified atom stereocenters. The normalized spacial score (nSPS) is 10.1. The maximum Gasteiger partial charge on any atom is 0.155 e. The lowest BCUT2D eigenvalue weighted by atomic mass is 10.1. The van der Waals surface area contributed by atoms with Crippen LogP contribution in [0.25, 0.3) is 11.3 Å². The number of anilines is 1. The Hall–Kier alpha value is -2.10. The van der Waals surface area contributed by atoms with Crippen LogP contribution in [-0.2, 0) is 0 Å². The standard InChI is InChI=1S/C12H12N2O2/c1-14(2)11-5-3-9(4-6-11)12-10(7-15)8-16-13-12/h3-8H,1-2H3. The van der Waals surface area contributed by atoms with Crippen LogP contribution in [0.1, 0.15) is 10.4 Å². The minimum atomic E-state index is 0.470. The Kier molecular flexibility index (Phi) is 2.72. The second-order valence-electron chi connectivity index (χ2n) is 3.68. The van der Waals surface area contributed by atoms with Gasteiger partial charge in [0, 0.05) is 25.3 Å². The van der Waals surface area contributed by atoms with E-state index in [0.29, 0.717) is 11.3 Å². The third kappa shape index (κ3) is 1.82. The maximum atomic E-state index is 10.7. The van der Waals surface area contributed by atoms with Gasteiger partial charge in [-0.15, -0.1) is 0 Å². The van der Waals surface area contributed by atoms with Crippen LogP contribution in [0.4, 0.5) is 5.69 Å². The van der Waals surface area contributed by atoms with Gasteiger partial charge >= 0.3 is 0 Å². The molecular weight excluding hydrogens is 204 g/mol. The summed E-state index contributed by atoms with van der Waals surface area (Å²) in [6, 6.07) is 7.78. The SMILES string of the molecule is CN(C)c1ccc(-c2nocc2C=O)cc1. The van der Waals surface area contributed by atoms with E-state index in [9.17, 15) is 4.79 Å². The molecule has 0 saturated heterocycles. The third-order valence-electron chi connectivity index (χ3n) is 2.38. The average molecular weight is 216 g/mol. The van der Waals surface area contributed by atoms with Crippen LogP contribution in [0.5, 0.6) is 0 Å². The van der Waals surface area contributed by atoms with Crippen molar-refractivity contribution in [3.8, 4) is 11.3 Å². The fraction of sp³-hybridized carbons (Fsp3) is 0.167. The van der Waals surface area contributed by atoms with Crippen LogP contribution in [-0.4, -0.2) is 25.5 Å². The van der Waals surface area contributed by atoms with Gasteiger partial charge in [0.2, 0.25) is 0 Å². The zero-order chi connectivity index (χ0) is 11.5. The van der Waals surface area contributed by atoms with E-state index < -0.39 is 0 Å². The second-order valence-corrected chi connectivity index (χ2v) is 3.68. The Morgan fingerprint density at radius 2 is 1.94 bits per heavy atom. The molecule has 1 aromatic carbocycles. The summed E-state index contributed by atoms with van der Waals surface area (Å²) in [4.78, 5) is 12.7. The summed E-state index contributed by atoms with van der Waals surface area (Å²) in [7, 11) is 3.95. The molecule has 0 amide bonds. The monoisotopic (exact) mass is 216 g/mol. The minimum absolute atomic E-state index is 0.470. The van der Waals surface area contributed by atoms with E-state index in [1.807, 2.05) is 43.3 Å². The molecule has 0 spiro atoms. The lowest BCUT2D eigenvalue weighted by molar-refractivity contribution is 0.112. The molecule has 1 heterocycles. The summed E-state index contributed by atoms with van der Waals surface area (Å²) in [6.07, 6.45) is 2.09. The van der Waals surface area contributed by atoms with E-state index in [2.05, 4.69) is 5.16 Å². The van der Waals surface area contributed by atoms with Gasteiger partial charge in [-0.05, 0) is 12.1 Å². The average Bonchev–Trinajstić information content (AvgIpc) is 2.77. The highest BCUT2D eigenvalue weighted by Crippen LogP contribution is 2.23. The van der Waals surface area contributed by atoms with Crippen LogP contribution in [0.2, 0.25) is 0 Å². The van der Waals surface area contributed by atoms with Gasteiger partial charge < -0.3 is 9.42 Å². The van der Waals surface area contributed by atoms with Gasteiger partial charge in [-0.1, -0.05) is 17.3 Å². The molecule has 0 bridgehead atoms. The lowest BCUT2D eigenvalue weighted by Crippen LogP contribution is -2.07. The molecule has 2 rings (SSSR count). The van der Waals surface area contributed by atoms with Crippen LogP contribution in [0.3, 0.4) is 0 Å². The molecule has 4 nitrogen and oxygen atoms in total. The Morgan fingerprint density at radius 3 is 2.50 bits per heavy atom. The summed E-state index contributed by atoms with van der Waals surface area (Å²) in [5.74, 6) is 0. The van der Waals surface area contributed by atoms with Gasteiger partial charge in [0.1, 0.15) is 12.0 Å². The molecule has 2 aromatic rings. The first-order valence-electron chi connectivity index (χ1n) is 4.89. The number of carbonyl (C=O) groups excluding carboxylic acids is 1. The smallest absolute Gasteiger partial charge is 0.155 e. The van der Waals surface area contributed by atoms with E-state index in [1.165, 1.54) is 6.26 Å². The molecule has 0 fully saturated rings. The van der Waals surface area contributed by atoms with Gasteiger partial charge in [0.15, 0.2) is 6.29 Å². The van der Waals surface area contributed by atoms with Crippen LogP contribution in [0, 0.1) is 0 Å². The second kappa shape index (κ2) is 4.18. The summed E-state index contributed by atoms with van der Waals surface area (Å²) in [5, 5.41) is 3.81. The van der Waals surface area contributed by atoms with Crippen LogP contribution < -0.4 is 4.90 Å². The molecule has 1 aromatic heterocycles. The number of nitrogens with zero attached hydrogens (tertiary/aromatic N) is 2. The molecule has 0 aliphatic heterocycles. The van der Waals surface area contributed by atoms with Gasteiger partial charge in [-0.25, -0.2) is 0 Å². The number of aromatic nitrogens is 1. The fourth-order valence-electron chi connectivity index (χ4n) is 1.46. The van der Waals surface area contributed by atoms with E-state index in [-0.39, 0.29) is 0 Å². The van der Waals surface area contributed by atoms with E-state index in [1.54, 1.807) is 0 Å². The van der Waals surface area contributed by atoms with Crippen molar-refractivity contribution in [1.82, 2.24) is 5.16 Å². The first kappa shape index (κ1) is 10.4. The van der Waals surface area contributed by atoms with Crippen molar-refractivity contribution >= 4 is 12.0 Å². The van der Waals surface area contributed by atoms with E-state index in [0.717, 1.165) is 17.5 Å². The van der Waals surface area contributed by atoms with Crippen LogP contribution in [0.15, 0.2) is 35.1 Å². The highest BCUT2D eigenvalue weighted by Gasteiger charge is 2.09. The largest absolute Gasteiger partial charge is 0.378 e. The van der Waals surface area contributed by atoms with Crippen molar-refractivity contribution in [2.24, 2.45) is 0 Å². The summed E-state index contributed by atoms with van der Waals surface area (Å²) in [5.41, 5.74) is 3.03. The van der Waals surface area contributed by atoms with E-state index >= 15 is 0 Å². The number of benzene rings is 1. The highest BCUT2D eigenvalue weighted by atomic mass is 16.5. The summed E-state index contributed by atoms with van der Waals surface area (Å²) < 4.78 is 4.78. The Morgan fingerprint density at radius 1 is 1.25 bits per heavy atom. The minimum Gasteiger partial charge on any atom is -0.378 e. The maximum absolute atomic E-state index is 10.7. The molecule has 0 N–H and O–H groups in total. The molecule has 0 aliphatic rings. The number of hydrogen-bond acceptors (Lipinski definition) is 4. The van der Waals surface area contributed by atoms with Gasteiger partial charge in [0.05, 0.1) is 5.56 Å². The predicted octanol–water partition coefficient (Wildman–Crippen LogP) is 2.22. The van der Waals surface area contributed by atoms with Gasteiger partial charge in [-0.2, -0.15) is 0 Å². The zero-order valence-corrected chi connectivity index (χ0v) is 9.18. The first-order chi connectivity index (χ1) is 7.72. The number of aldehydes is 1. The first-order valence-corrected chi connectivity index (χ1v) is 4.89. The number of carbonyl (C=O) groups is 1. The zero-order valence-electron chi connectivity index (χ0n) is 9.18. The van der Waals surface area contributed by atoms with Crippen molar-refractivity contribution < 1.29 is 9.32 Å². The van der Waals surface area contributed by atoms with Crippen molar-refractivity contribution in [3.63, 3.8) is 0 Å². The van der Waals surface area contributed by atoms with E-state index in [4.69, 9.17) is 4.52 Å². The topological polar surface area (TPSA) is 46.3 Å². The molecule has 0 atom stereocenters. The lowest BCUT2D eigenvalue weighted by Gasteiger charge is -2.12. The quantitative estimate of drug-likeness (QED) is 0.738. The van der Waals surface area contributed by atoms with Crippen LogP contribution >= 0.6 is 0 Å². The Balaban J connectivity index is 2.38. The Labute approximate surface area is 93.5 Å². The molecule has 16 heavy (non-hydrogen) atoms.